The quantitative estimate of drug-likeness (QED) is 0.431. The number of methoxy groups -OCH3 is 2. The van der Waals surface area contributed by atoms with Crippen LogP contribution in [0.4, 0.5) is 0 Å². The van der Waals surface area contributed by atoms with Crippen LogP contribution < -0.4 is 0 Å². The first-order chi connectivity index (χ1) is 7.67. The highest BCUT2D eigenvalue weighted by Crippen LogP contribution is 2.08. The van der Waals surface area contributed by atoms with Crippen LogP contribution in [0.2, 0.25) is 0 Å². The molecule has 0 bridgehead atoms. The zero-order valence-electron chi connectivity index (χ0n) is 9.36. The van der Waals surface area contributed by atoms with Crippen molar-refractivity contribution in [3.63, 3.8) is 0 Å². The summed E-state index contributed by atoms with van der Waals surface area (Å²) in [4.78, 5) is 22.5. The number of ether oxygens (including phenoxy) is 2. The predicted octanol–water partition coefficient (Wildman–Crippen LogP) is 1.58. The van der Waals surface area contributed by atoms with Crippen LogP contribution in [-0.2, 0) is 20.9 Å². The Bertz CT molecular complexity index is 367. The molecule has 0 aliphatic carbocycles. The first kappa shape index (κ1) is 12.4. The lowest BCUT2D eigenvalue weighted by Crippen LogP contribution is -2.09. The molecule has 0 atom stereocenters. The van der Waals surface area contributed by atoms with Gasteiger partial charge < -0.3 is 9.47 Å². The van der Waals surface area contributed by atoms with Gasteiger partial charge in [0.15, 0.2) is 5.78 Å². The van der Waals surface area contributed by atoms with Crippen molar-refractivity contribution in [2.24, 2.45) is 0 Å². The zero-order chi connectivity index (χ0) is 12.0. The van der Waals surface area contributed by atoms with Crippen LogP contribution in [0.1, 0.15) is 22.3 Å². The number of ketones is 1. The van der Waals surface area contributed by atoms with E-state index in [1.54, 1.807) is 31.4 Å². The number of esters is 1. The maximum Gasteiger partial charge on any atom is 0.313 e. The fourth-order valence-electron chi connectivity index (χ4n) is 1.26. The van der Waals surface area contributed by atoms with Crippen LogP contribution in [0.3, 0.4) is 0 Å². The molecule has 4 heteroatoms. The number of Topliss-reactive ketones (excluding diaryl/α,β-unsaturated/α-hetero) is 1. The first-order valence-electron chi connectivity index (χ1n) is 4.85. The van der Waals surface area contributed by atoms with E-state index in [1.165, 1.54) is 7.11 Å². The largest absolute Gasteiger partial charge is 0.469 e. The molecule has 0 fully saturated rings. The number of benzene rings is 1. The van der Waals surface area contributed by atoms with Gasteiger partial charge in [-0.2, -0.15) is 0 Å². The van der Waals surface area contributed by atoms with Crippen LogP contribution in [0.5, 0.6) is 0 Å². The van der Waals surface area contributed by atoms with Gasteiger partial charge in [-0.1, -0.05) is 24.3 Å². The Labute approximate surface area is 94.2 Å². The van der Waals surface area contributed by atoms with Crippen LogP contribution in [0.25, 0.3) is 0 Å². The van der Waals surface area contributed by atoms with Crippen molar-refractivity contribution < 1.29 is 19.1 Å². The maximum atomic E-state index is 11.6. The van der Waals surface area contributed by atoms with E-state index in [2.05, 4.69) is 4.74 Å². The molecule has 0 aliphatic rings. The second-order valence-corrected chi connectivity index (χ2v) is 3.31. The Balaban J connectivity index is 2.66. The first-order valence-corrected chi connectivity index (χ1v) is 4.85. The van der Waals surface area contributed by atoms with Crippen LogP contribution >= 0.6 is 0 Å². The molecule has 0 unspecified atom stereocenters. The highest BCUT2D eigenvalue weighted by Gasteiger charge is 2.11. The third-order valence-electron chi connectivity index (χ3n) is 2.12. The van der Waals surface area contributed by atoms with E-state index in [4.69, 9.17) is 4.74 Å². The molecule has 1 rings (SSSR count). The van der Waals surface area contributed by atoms with E-state index in [0.29, 0.717) is 12.2 Å². The van der Waals surface area contributed by atoms with Gasteiger partial charge in [-0.05, 0) is 5.56 Å². The number of carbonyl (C=O) groups is 2. The van der Waals surface area contributed by atoms with Gasteiger partial charge in [-0.25, -0.2) is 0 Å². The Morgan fingerprint density at radius 3 is 2.25 bits per heavy atom. The molecule has 0 aliphatic heterocycles. The van der Waals surface area contributed by atoms with Gasteiger partial charge in [-0.15, -0.1) is 0 Å². The maximum absolute atomic E-state index is 11.6. The number of hydrogen-bond donors (Lipinski definition) is 0. The second kappa shape index (κ2) is 6.02. The summed E-state index contributed by atoms with van der Waals surface area (Å²) >= 11 is 0. The summed E-state index contributed by atoms with van der Waals surface area (Å²) < 4.78 is 9.38. The van der Waals surface area contributed by atoms with Crippen molar-refractivity contribution in [1.29, 1.82) is 0 Å². The minimum absolute atomic E-state index is 0.222. The van der Waals surface area contributed by atoms with E-state index >= 15 is 0 Å². The summed E-state index contributed by atoms with van der Waals surface area (Å²) in [7, 11) is 2.87. The average Bonchev–Trinajstić information content (AvgIpc) is 2.30. The predicted molar refractivity (Wildman–Crippen MR) is 58.1 cm³/mol. The molecule has 4 nitrogen and oxygen atoms in total. The molecule has 0 radical (unpaired) electrons. The lowest BCUT2D eigenvalue weighted by molar-refractivity contribution is -0.139. The highest BCUT2D eigenvalue weighted by atomic mass is 16.5. The minimum atomic E-state index is -0.522. The van der Waals surface area contributed by atoms with Crippen molar-refractivity contribution in [3.05, 3.63) is 35.4 Å². The molecule has 1 aromatic carbocycles. The van der Waals surface area contributed by atoms with Crippen molar-refractivity contribution in [2.75, 3.05) is 14.2 Å². The SMILES string of the molecule is COCc1ccc(C(=O)CC(=O)OC)cc1. The molecular weight excluding hydrogens is 208 g/mol. The zero-order valence-corrected chi connectivity index (χ0v) is 9.36. The third-order valence-corrected chi connectivity index (χ3v) is 2.12. The van der Waals surface area contributed by atoms with E-state index in [1.807, 2.05) is 0 Å². The molecule has 1 aromatic rings. The Hall–Kier alpha value is -1.68. The monoisotopic (exact) mass is 222 g/mol. The molecule has 0 aromatic heterocycles. The van der Waals surface area contributed by atoms with Gasteiger partial charge in [0.05, 0.1) is 13.7 Å². The van der Waals surface area contributed by atoms with E-state index < -0.39 is 5.97 Å². The van der Waals surface area contributed by atoms with E-state index in [-0.39, 0.29) is 12.2 Å². The van der Waals surface area contributed by atoms with Crippen LogP contribution in [-0.4, -0.2) is 26.0 Å². The Morgan fingerprint density at radius 2 is 1.75 bits per heavy atom. The number of carbonyl (C=O) groups excluding carboxylic acids is 2. The second-order valence-electron chi connectivity index (χ2n) is 3.31. The molecular formula is C12H14O4. The summed E-state index contributed by atoms with van der Waals surface area (Å²) in [6.07, 6.45) is -0.222. The third kappa shape index (κ3) is 3.47. The standard InChI is InChI=1S/C12H14O4/c1-15-8-9-3-5-10(6-4-9)11(13)7-12(14)16-2/h3-6H,7-8H2,1-2H3. The van der Waals surface area contributed by atoms with E-state index in [9.17, 15) is 9.59 Å². The topological polar surface area (TPSA) is 52.6 Å². The van der Waals surface area contributed by atoms with Crippen LogP contribution in [0, 0.1) is 0 Å². The fourth-order valence-corrected chi connectivity index (χ4v) is 1.26. The molecule has 0 spiro atoms. The van der Waals surface area contributed by atoms with Gasteiger partial charge in [0, 0.05) is 12.7 Å². The summed E-state index contributed by atoms with van der Waals surface area (Å²) in [6.45, 7) is 0.505. The van der Waals surface area contributed by atoms with Crippen molar-refractivity contribution in [2.45, 2.75) is 13.0 Å². The number of rotatable bonds is 5. The molecule has 0 N–H and O–H groups in total. The summed E-state index contributed by atoms with van der Waals surface area (Å²) in [5.74, 6) is -0.762. The van der Waals surface area contributed by atoms with Crippen molar-refractivity contribution >= 4 is 11.8 Å². The molecule has 0 heterocycles. The van der Waals surface area contributed by atoms with Gasteiger partial charge in [0.25, 0.3) is 0 Å². The Kier molecular flexibility index (Phi) is 4.66. The van der Waals surface area contributed by atoms with Crippen LogP contribution in [0.15, 0.2) is 24.3 Å². The van der Waals surface area contributed by atoms with E-state index in [0.717, 1.165) is 5.56 Å². The van der Waals surface area contributed by atoms with Crippen molar-refractivity contribution in [3.8, 4) is 0 Å². The molecule has 0 saturated heterocycles. The lowest BCUT2D eigenvalue weighted by atomic mass is 10.1. The van der Waals surface area contributed by atoms with Gasteiger partial charge in [0.2, 0.25) is 0 Å². The highest BCUT2D eigenvalue weighted by molar-refractivity contribution is 6.05. The minimum Gasteiger partial charge on any atom is -0.469 e. The molecule has 16 heavy (non-hydrogen) atoms. The molecule has 86 valence electrons. The summed E-state index contributed by atoms with van der Waals surface area (Å²) in [5.41, 5.74) is 1.49. The molecule has 0 saturated carbocycles. The summed E-state index contributed by atoms with van der Waals surface area (Å²) in [5, 5.41) is 0. The molecule has 0 amide bonds. The van der Waals surface area contributed by atoms with Gasteiger partial charge >= 0.3 is 5.97 Å². The van der Waals surface area contributed by atoms with Crippen molar-refractivity contribution in [1.82, 2.24) is 0 Å². The smallest absolute Gasteiger partial charge is 0.313 e. The fraction of sp³-hybridized carbons (Fsp3) is 0.333. The lowest BCUT2D eigenvalue weighted by Gasteiger charge is -2.02. The summed E-state index contributed by atoms with van der Waals surface area (Å²) in [6, 6.07) is 6.96. The van der Waals surface area contributed by atoms with Gasteiger partial charge in [-0.3, -0.25) is 9.59 Å². The van der Waals surface area contributed by atoms with Gasteiger partial charge in [0.1, 0.15) is 6.42 Å². The number of hydrogen-bond acceptors (Lipinski definition) is 4. The Morgan fingerprint density at radius 1 is 1.12 bits per heavy atom. The normalized spacial score (nSPS) is 9.88. The average molecular weight is 222 g/mol.